The molecule has 0 atom stereocenters. The predicted octanol–water partition coefficient (Wildman–Crippen LogP) is 4.88. The smallest absolute Gasteiger partial charge is 0.339 e. The first kappa shape index (κ1) is 18.4. The Morgan fingerprint density at radius 3 is 2.43 bits per heavy atom. The quantitative estimate of drug-likeness (QED) is 0.435. The van der Waals surface area contributed by atoms with Gasteiger partial charge in [-0.05, 0) is 54.6 Å². The van der Waals surface area contributed by atoms with Crippen LogP contribution >= 0.6 is 11.3 Å². The third-order valence-corrected chi connectivity index (χ3v) is 6.34. The lowest BCUT2D eigenvalue weighted by atomic mass is 10.2. The Morgan fingerprint density at radius 2 is 1.71 bits per heavy atom. The second kappa shape index (κ2) is 7.21. The van der Waals surface area contributed by atoms with Crippen molar-refractivity contribution in [2.24, 2.45) is 0 Å². The molecule has 0 unspecified atom stereocenters. The number of methoxy groups -OCH3 is 1. The Hall–Kier alpha value is -2.97. The molecule has 0 bridgehead atoms. The van der Waals surface area contributed by atoms with E-state index in [2.05, 4.69) is 4.98 Å². The van der Waals surface area contributed by atoms with Crippen LogP contribution in [-0.2, 0) is 10.1 Å². The summed E-state index contributed by atoms with van der Waals surface area (Å²) in [6.45, 7) is 0. The molecule has 0 aliphatic carbocycles. The van der Waals surface area contributed by atoms with Crippen molar-refractivity contribution in [1.29, 1.82) is 0 Å². The molecular formula is C20H14FNO4S2. The fraction of sp³-hybridized carbons (Fsp3) is 0.0500. The van der Waals surface area contributed by atoms with Crippen molar-refractivity contribution in [3.8, 4) is 22.1 Å². The minimum Gasteiger partial charge on any atom is -0.493 e. The highest BCUT2D eigenvalue weighted by atomic mass is 32.2. The third-order valence-electron chi connectivity index (χ3n) is 4.01. The minimum absolute atomic E-state index is 0.0386. The van der Waals surface area contributed by atoms with Crippen LogP contribution in [-0.4, -0.2) is 20.5 Å². The van der Waals surface area contributed by atoms with Gasteiger partial charge in [0.25, 0.3) is 0 Å². The summed E-state index contributed by atoms with van der Waals surface area (Å²) in [6.07, 6.45) is 0. The number of thiazole rings is 1. The average molecular weight is 415 g/mol. The van der Waals surface area contributed by atoms with Gasteiger partial charge in [-0.3, -0.25) is 0 Å². The molecule has 0 saturated heterocycles. The standard InChI is InChI=1S/C20H14FNO4S2/c1-25-18-12-13(20-22-16-4-2-3-5-19(16)27-20)6-11-17(18)26-28(23,24)15-9-7-14(21)8-10-15/h2-12H,1H3. The van der Waals surface area contributed by atoms with Crippen molar-refractivity contribution in [3.05, 3.63) is 72.5 Å². The van der Waals surface area contributed by atoms with E-state index in [0.29, 0.717) is 0 Å². The topological polar surface area (TPSA) is 65.5 Å². The molecule has 142 valence electrons. The molecule has 0 N–H and O–H groups in total. The fourth-order valence-electron chi connectivity index (χ4n) is 2.63. The van der Waals surface area contributed by atoms with Crippen LogP contribution in [0.4, 0.5) is 4.39 Å². The van der Waals surface area contributed by atoms with E-state index in [0.717, 1.165) is 45.1 Å². The molecule has 5 nitrogen and oxygen atoms in total. The van der Waals surface area contributed by atoms with Crippen LogP contribution in [0.3, 0.4) is 0 Å². The van der Waals surface area contributed by atoms with Crippen molar-refractivity contribution in [2.75, 3.05) is 7.11 Å². The Bertz CT molecular complexity index is 1220. The van der Waals surface area contributed by atoms with Crippen LogP contribution in [0.2, 0.25) is 0 Å². The number of para-hydroxylation sites is 1. The molecule has 4 rings (SSSR count). The van der Waals surface area contributed by atoms with E-state index in [9.17, 15) is 12.8 Å². The molecule has 0 radical (unpaired) electrons. The third kappa shape index (κ3) is 3.56. The zero-order valence-electron chi connectivity index (χ0n) is 14.6. The first-order valence-corrected chi connectivity index (χ1v) is 10.4. The maximum atomic E-state index is 13.0. The van der Waals surface area contributed by atoms with Gasteiger partial charge in [-0.15, -0.1) is 11.3 Å². The average Bonchev–Trinajstić information content (AvgIpc) is 3.12. The summed E-state index contributed by atoms with van der Waals surface area (Å²) in [6, 6.07) is 17.1. The van der Waals surface area contributed by atoms with E-state index in [4.69, 9.17) is 8.92 Å². The molecule has 8 heteroatoms. The van der Waals surface area contributed by atoms with Gasteiger partial charge in [0.15, 0.2) is 11.5 Å². The van der Waals surface area contributed by atoms with Gasteiger partial charge in [0.2, 0.25) is 0 Å². The van der Waals surface area contributed by atoms with Gasteiger partial charge in [-0.2, -0.15) is 8.42 Å². The number of fused-ring (bicyclic) bond motifs is 1. The number of nitrogens with zero attached hydrogens (tertiary/aromatic N) is 1. The molecule has 3 aromatic carbocycles. The van der Waals surface area contributed by atoms with E-state index < -0.39 is 15.9 Å². The minimum atomic E-state index is -4.12. The number of rotatable bonds is 5. The van der Waals surface area contributed by atoms with Gasteiger partial charge in [0.05, 0.1) is 17.3 Å². The van der Waals surface area contributed by atoms with Crippen molar-refractivity contribution in [3.63, 3.8) is 0 Å². The lowest BCUT2D eigenvalue weighted by molar-refractivity contribution is 0.391. The van der Waals surface area contributed by atoms with Crippen LogP contribution in [0.15, 0.2) is 71.6 Å². The number of benzene rings is 3. The van der Waals surface area contributed by atoms with Crippen LogP contribution < -0.4 is 8.92 Å². The normalized spacial score (nSPS) is 11.5. The summed E-state index contributed by atoms with van der Waals surface area (Å²) in [4.78, 5) is 4.44. The van der Waals surface area contributed by atoms with E-state index >= 15 is 0 Å². The summed E-state index contributed by atoms with van der Waals surface area (Å²) in [7, 11) is -2.69. The van der Waals surface area contributed by atoms with Gasteiger partial charge in [0.1, 0.15) is 15.7 Å². The number of halogens is 1. The fourth-order valence-corrected chi connectivity index (χ4v) is 4.53. The largest absolute Gasteiger partial charge is 0.493 e. The Labute approximate surface area is 165 Å². The molecule has 0 amide bonds. The number of hydrogen-bond acceptors (Lipinski definition) is 6. The maximum absolute atomic E-state index is 13.0. The van der Waals surface area contributed by atoms with Crippen molar-refractivity contribution in [1.82, 2.24) is 4.98 Å². The molecule has 4 aromatic rings. The highest BCUT2D eigenvalue weighted by Crippen LogP contribution is 2.37. The molecule has 0 fully saturated rings. The zero-order chi connectivity index (χ0) is 19.7. The van der Waals surface area contributed by atoms with Crippen LogP contribution in [0.1, 0.15) is 0 Å². The van der Waals surface area contributed by atoms with E-state index in [1.807, 2.05) is 24.3 Å². The Morgan fingerprint density at radius 1 is 0.964 bits per heavy atom. The monoisotopic (exact) mass is 415 g/mol. The molecular weight excluding hydrogens is 401 g/mol. The van der Waals surface area contributed by atoms with Crippen molar-refractivity contribution < 1.29 is 21.7 Å². The van der Waals surface area contributed by atoms with E-state index in [1.165, 1.54) is 24.5 Å². The van der Waals surface area contributed by atoms with Gasteiger partial charge in [0, 0.05) is 5.56 Å². The zero-order valence-corrected chi connectivity index (χ0v) is 16.3. The molecule has 28 heavy (non-hydrogen) atoms. The lowest BCUT2D eigenvalue weighted by Crippen LogP contribution is -2.10. The number of hydrogen-bond donors (Lipinski definition) is 0. The summed E-state index contributed by atoms with van der Waals surface area (Å²) < 4.78 is 49.5. The van der Waals surface area contributed by atoms with Gasteiger partial charge in [-0.25, -0.2) is 9.37 Å². The summed E-state index contributed by atoms with van der Waals surface area (Å²) >= 11 is 1.53. The predicted molar refractivity (Wildman–Crippen MR) is 106 cm³/mol. The second-order valence-electron chi connectivity index (χ2n) is 5.84. The molecule has 0 saturated carbocycles. The first-order valence-electron chi connectivity index (χ1n) is 8.20. The summed E-state index contributed by atoms with van der Waals surface area (Å²) in [5.74, 6) is -0.240. The lowest BCUT2D eigenvalue weighted by Gasteiger charge is -2.11. The highest BCUT2D eigenvalue weighted by Gasteiger charge is 2.20. The Kier molecular flexibility index (Phi) is 4.74. The van der Waals surface area contributed by atoms with Gasteiger partial charge in [-0.1, -0.05) is 12.1 Å². The van der Waals surface area contributed by atoms with Gasteiger partial charge < -0.3 is 8.92 Å². The van der Waals surface area contributed by atoms with E-state index in [-0.39, 0.29) is 16.4 Å². The van der Waals surface area contributed by atoms with Crippen LogP contribution in [0.25, 0.3) is 20.8 Å². The highest BCUT2D eigenvalue weighted by molar-refractivity contribution is 7.87. The van der Waals surface area contributed by atoms with Crippen LogP contribution in [0.5, 0.6) is 11.5 Å². The van der Waals surface area contributed by atoms with E-state index in [1.54, 1.807) is 12.1 Å². The molecule has 1 aromatic heterocycles. The number of ether oxygens (including phenoxy) is 1. The maximum Gasteiger partial charge on any atom is 0.339 e. The number of aromatic nitrogens is 1. The molecule has 0 spiro atoms. The summed E-state index contributed by atoms with van der Waals surface area (Å²) in [5, 5.41) is 0.785. The summed E-state index contributed by atoms with van der Waals surface area (Å²) in [5.41, 5.74) is 1.67. The van der Waals surface area contributed by atoms with Gasteiger partial charge >= 0.3 is 10.1 Å². The molecule has 0 aliphatic rings. The molecule has 0 aliphatic heterocycles. The molecule has 1 heterocycles. The first-order chi connectivity index (χ1) is 13.5. The van der Waals surface area contributed by atoms with Crippen LogP contribution in [0, 0.1) is 5.82 Å². The second-order valence-corrected chi connectivity index (χ2v) is 8.42. The SMILES string of the molecule is COc1cc(-c2nc3ccccc3s2)ccc1OS(=O)(=O)c1ccc(F)cc1. The Balaban J connectivity index is 1.68. The van der Waals surface area contributed by atoms with Crippen molar-refractivity contribution in [2.45, 2.75) is 4.90 Å². The van der Waals surface area contributed by atoms with Crippen molar-refractivity contribution >= 4 is 31.7 Å².